The van der Waals surface area contributed by atoms with Crippen LogP contribution in [-0.2, 0) is 17.8 Å². The van der Waals surface area contributed by atoms with Gasteiger partial charge in [0.2, 0.25) is 17.7 Å². The number of carbonyl (C=O) groups is 1. The number of amides is 1. The molecule has 0 atom stereocenters. The lowest BCUT2D eigenvalue weighted by molar-refractivity contribution is -0.133. The lowest BCUT2D eigenvalue weighted by Gasteiger charge is -2.34. The fourth-order valence-corrected chi connectivity index (χ4v) is 4.13. The number of carbonyl (C=O) groups excluding carboxylic acids is 1. The van der Waals surface area contributed by atoms with Gasteiger partial charge in [-0.05, 0) is 25.0 Å². The SMILES string of the molecule is O=C(CCc1nnc(C2CCCCC2)o1)N1CCN(Cc2ccccn2)CC1. The first-order valence-electron chi connectivity index (χ1n) is 10.5. The zero-order valence-electron chi connectivity index (χ0n) is 16.4. The van der Waals surface area contributed by atoms with Gasteiger partial charge in [0, 0.05) is 57.7 Å². The molecule has 4 rings (SSSR count). The number of pyridine rings is 1. The topological polar surface area (TPSA) is 75.4 Å². The van der Waals surface area contributed by atoms with Gasteiger partial charge in [-0.25, -0.2) is 0 Å². The smallest absolute Gasteiger partial charge is 0.223 e. The van der Waals surface area contributed by atoms with Crippen LogP contribution in [0.5, 0.6) is 0 Å². The zero-order chi connectivity index (χ0) is 19.2. The van der Waals surface area contributed by atoms with E-state index in [4.69, 9.17) is 4.42 Å². The van der Waals surface area contributed by atoms with Crippen LogP contribution in [0.2, 0.25) is 0 Å². The third-order valence-electron chi connectivity index (χ3n) is 5.83. The molecule has 2 aliphatic rings. The van der Waals surface area contributed by atoms with Crippen LogP contribution in [0.15, 0.2) is 28.8 Å². The van der Waals surface area contributed by atoms with E-state index in [0.717, 1.165) is 57.2 Å². The average molecular weight is 383 g/mol. The molecule has 0 N–H and O–H groups in total. The molecule has 150 valence electrons. The Bertz CT molecular complexity index is 749. The van der Waals surface area contributed by atoms with Crippen molar-refractivity contribution in [2.75, 3.05) is 26.2 Å². The Labute approximate surface area is 166 Å². The van der Waals surface area contributed by atoms with E-state index in [0.29, 0.717) is 24.7 Å². The standard InChI is InChI=1S/C21H29N5O2/c27-20(10-9-19-23-24-21(28-19)17-6-2-1-3-7-17)26-14-12-25(13-15-26)16-18-8-4-5-11-22-18/h4-5,8,11,17H,1-3,6-7,9-10,12-16H2. The maximum Gasteiger partial charge on any atom is 0.223 e. The summed E-state index contributed by atoms with van der Waals surface area (Å²) in [5, 5.41) is 8.39. The van der Waals surface area contributed by atoms with Gasteiger partial charge in [-0.15, -0.1) is 10.2 Å². The van der Waals surface area contributed by atoms with E-state index >= 15 is 0 Å². The number of hydrogen-bond acceptors (Lipinski definition) is 6. The molecule has 1 aliphatic heterocycles. The number of rotatable bonds is 6. The van der Waals surface area contributed by atoms with Crippen molar-refractivity contribution in [1.82, 2.24) is 25.0 Å². The first-order valence-corrected chi connectivity index (χ1v) is 10.5. The van der Waals surface area contributed by atoms with Gasteiger partial charge in [0.15, 0.2) is 0 Å². The molecule has 2 fully saturated rings. The molecule has 2 aromatic rings. The minimum atomic E-state index is 0.176. The van der Waals surface area contributed by atoms with Crippen LogP contribution in [-0.4, -0.2) is 57.1 Å². The molecular formula is C21H29N5O2. The highest BCUT2D eigenvalue weighted by atomic mass is 16.4. The van der Waals surface area contributed by atoms with Gasteiger partial charge in [-0.2, -0.15) is 0 Å². The molecule has 1 saturated carbocycles. The van der Waals surface area contributed by atoms with Crippen molar-refractivity contribution in [3.63, 3.8) is 0 Å². The average Bonchev–Trinajstić information content (AvgIpc) is 3.23. The minimum absolute atomic E-state index is 0.176. The van der Waals surface area contributed by atoms with E-state index in [9.17, 15) is 4.79 Å². The Morgan fingerprint density at radius 2 is 1.89 bits per heavy atom. The van der Waals surface area contributed by atoms with Crippen molar-refractivity contribution in [3.05, 3.63) is 41.9 Å². The fraction of sp³-hybridized carbons (Fsp3) is 0.619. The summed E-state index contributed by atoms with van der Waals surface area (Å²) in [4.78, 5) is 21.2. The molecule has 1 saturated heterocycles. The minimum Gasteiger partial charge on any atom is -0.425 e. The molecule has 3 heterocycles. The van der Waals surface area contributed by atoms with Crippen LogP contribution < -0.4 is 0 Å². The van der Waals surface area contributed by atoms with Crippen molar-refractivity contribution in [2.24, 2.45) is 0 Å². The Morgan fingerprint density at radius 3 is 2.64 bits per heavy atom. The third-order valence-corrected chi connectivity index (χ3v) is 5.83. The molecule has 1 aliphatic carbocycles. The normalized spacial score (nSPS) is 19.1. The van der Waals surface area contributed by atoms with Crippen LogP contribution in [0.25, 0.3) is 0 Å². The summed E-state index contributed by atoms with van der Waals surface area (Å²) >= 11 is 0. The highest BCUT2D eigenvalue weighted by Gasteiger charge is 2.23. The summed E-state index contributed by atoms with van der Waals surface area (Å²) in [6.07, 6.45) is 8.87. The predicted octanol–water partition coefficient (Wildman–Crippen LogP) is 2.79. The molecule has 7 heteroatoms. The summed E-state index contributed by atoms with van der Waals surface area (Å²) in [6.45, 7) is 4.14. The van der Waals surface area contributed by atoms with Crippen LogP contribution >= 0.6 is 0 Å². The summed E-state index contributed by atoms with van der Waals surface area (Å²) in [7, 11) is 0. The van der Waals surface area contributed by atoms with Crippen LogP contribution in [0.3, 0.4) is 0 Å². The molecular weight excluding hydrogens is 354 g/mol. The molecule has 28 heavy (non-hydrogen) atoms. The Balaban J connectivity index is 1.20. The largest absolute Gasteiger partial charge is 0.425 e. The number of piperazine rings is 1. The van der Waals surface area contributed by atoms with E-state index in [1.165, 1.54) is 19.3 Å². The maximum absolute atomic E-state index is 12.6. The van der Waals surface area contributed by atoms with E-state index in [-0.39, 0.29) is 5.91 Å². The summed E-state index contributed by atoms with van der Waals surface area (Å²) in [6, 6.07) is 5.99. The van der Waals surface area contributed by atoms with Gasteiger partial charge in [0.05, 0.1) is 5.69 Å². The van der Waals surface area contributed by atoms with Gasteiger partial charge in [-0.1, -0.05) is 25.3 Å². The maximum atomic E-state index is 12.6. The number of hydrogen-bond donors (Lipinski definition) is 0. The molecule has 2 aromatic heterocycles. The summed E-state index contributed by atoms with van der Waals surface area (Å²) in [5.74, 6) is 1.96. The number of nitrogens with zero attached hydrogens (tertiary/aromatic N) is 5. The van der Waals surface area contributed by atoms with Crippen LogP contribution in [0.4, 0.5) is 0 Å². The molecule has 0 radical (unpaired) electrons. The first kappa shape index (κ1) is 19.1. The van der Waals surface area contributed by atoms with Gasteiger partial charge in [0.1, 0.15) is 0 Å². The lowest BCUT2D eigenvalue weighted by atomic mass is 9.89. The Kier molecular flexibility index (Phi) is 6.31. The van der Waals surface area contributed by atoms with E-state index in [2.05, 4.69) is 20.1 Å². The van der Waals surface area contributed by atoms with Crippen LogP contribution in [0, 0.1) is 0 Å². The van der Waals surface area contributed by atoms with Gasteiger partial charge in [-0.3, -0.25) is 14.7 Å². The zero-order valence-corrected chi connectivity index (χ0v) is 16.4. The fourth-order valence-electron chi connectivity index (χ4n) is 4.13. The Morgan fingerprint density at radius 1 is 1.07 bits per heavy atom. The molecule has 0 aromatic carbocycles. The third kappa shape index (κ3) is 4.95. The highest BCUT2D eigenvalue weighted by Crippen LogP contribution is 2.31. The molecule has 7 nitrogen and oxygen atoms in total. The highest BCUT2D eigenvalue weighted by molar-refractivity contribution is 5.76. The quantitative estimate of drug-likeness (QED) is 0.764. The predicted molar refractivity (Wildman–Crippen MR) is 105 cm³/mol. The van der Waals surface area contributed by atoms with Crippen molar-refractivity contribution in [2.45, 2.75) is 57.4 Å². The molecule has 0 spiro atoms. The second kappa shape index (κ2) is 9.28. The van der Waals surface area contributed by atoms with Crippen molar-refractivity contribution < 1.29 is 9.21 Å². The molecule has 1 amide bonds. The number of aryl methyl sites for hydroxylation is 1. The number of aromatic nitrogens is 3. The van der Waals surface area contributed by atoms with E-state index in [1.54, 1.807) is 0 Å². The van der Waals surface area contributed by atoms with E-state index in [1.807, 2.05) is 29.3 Å². The van der Waals surface area contributed by atoms with E-state index < -0.39 is 0 Å². The lowest BCUT2D eigenvalue weighted by Crippen LogP contribution is -2.48. The molecule has 0 unspecified atom stereocenters. The van der Waals surface area contributed by atoms with Gasteiger partial charge >= 0.3 is 0 Å². The monoisotopic (exact) mass is 383 g/mol. The van der Waals surface area contributed by atoms with Crippen molar-refractivity contribution >= 4 is 5.91 Å². The summed E-state index contributed by atoms with van der Waals surface area (Å²) < 4.78 is 5.84. The molecule has 0 bridgehead atoms. The second-order valence-electron chi connectivity index (χ2n) is 7.85. The van der Waals surface area contributed by atoms with Crippen molar-refractivity contribution in [3.8, 4) is 0 Å². The summed E-state index contributed by atoms with van der Waals surface area (Å²) in [5.41, 5.74) is 1.08. The second-order valence-corrected chi connectivity index (χ2v) is 7.85. The van der Waals surface area contributed by atoms with Gasteiger partial charge < -0.3 is 9.32 Å². The Hall–Kier alpha value is -2.28. The van der Waals surface area contributed by atoms with Crippen LogP contribution in [0.1, 0.15) is 61.9 Å². The first-order chi connectivity index (χ1) is 13.8. The van der Waals surface area contributed by atoms with Crippen molar-refractivity contribution in [1.29, 1.82) is 0 Å². The van der Waals surface area contributed by atoms with Gasteiger partial charge in [0.25, 0.3) is 0 Å².